The predicted octanol–water partition coefficient (Wildman–Crippen LogP) is 5.22. The fourth-order valence-corrected chi connectivity index (χ4v) is 4.71. The molecule has 0 aliphatic carbocycles. The number of thioether (sulfide) groups is 1. The van der Waals surface area contributed by atoms with E-state index in [-0.39, 0.29) is 21.4 Å². The van der Waals surface area contributed by atoms with Gasteiger partial charge in [0.2, 0.25) is 0 Å². The molecule has 0 aliphatic heterocycles. The number of carbonyl (C=O) groups excluding carboxylic acids is 1. The van der Waals surface area contributed by atoms with E-state index in [0.29, 0.717) is 16.9 Å². The predicted molar refractivity (Wildman–Crippen MR) is 151 cm³/mol. The number of carbonyl (C=O) groups is 1. The van der Waals surface area contributed by atoms with Crippen molar-refractivity contribution in [1.29, 1.82) is 0 Å². The summed E-state index contributed by atoms with van der Waals surface area (Å²) in [4.78, 5) is 40.6. The first-order valence-electron chi connectivity index (χ1n) is 11.3. The van der Waals surface area contributed by atoms with Gasteiger partial charge in [0, 0.05) is 26.6 Å². The number of aryl methyl sites for hydroxylation is 1. The van der Waals surface area contributed by atoms with Gasteiger partial charge < -0.3 is 10.5 Å². The molecule has 0 atom stereocenters. The maximum atomic E-state index is 13.7. The zero-order chi connectivity index (χ0) is 27.4. The summed E-state index contributed by atoms with van der Waals surface area (Å²) in [6.07, 6.45) is 1.94. The smallest absolute Gasteiger partial charge is 0.336 e. The molecular weight excluding hydrogens is 547 g/mol. The third-order valence-electron chi connectivity index (χ3n) is 5.68. The van der Waals surface area contributed by atoms with Crippen LogP contribution in [0.4, 0.5) is 0 Å². The minimum Gasteiger partial charge on any atom is -0.409 e. The molecule has 38 heavy (non-hydrogen) atoms. The fourth-order valence-electron chi connectivity index (χ4n) is 3.77. The maximum Gasteiger partial charge on any atom is 0.336 e. The molecule has 0 bridgehead atoms. The molecule has 8 nitrogen and oxygen atoms in total. The van der Waals surface area contributed by atoms with Crippen LogP contribution in [0.25, 0.3) is 16.9 Å². The first-order valence-corrected chi connectivity index (χ1v) is 13.2. The summed E-state index contributed by atoms with van der Waals surface area (Å²) in [5, 5.41) is 15.5. The number of halogens is 2. The molecule has 0 fully saturated rings. The average Bonchev–Trinajstić information content (AvgIpc) is 2.90. The lowest BCUT2D eigenvalue weighted by atomic mass is 10.1. The number of nitrogens with zero attached hydrogens (tertiary/aromatic N) is 3. The number of benzene rings is 3. The molecule has 0 radical (unpaired) electrons. The van der Waals surface area contributed by atoms with Crippen LogP contribution in [0.1, 0.15) is 15.9 Å². The number of amides is 1. The number of nitrogens with one attached hydrogen (secondary N) is 1. The largest absolute Gasteiger partial charge is 0.409 e. The number of hydrogen-bond acceptors (Lipinski definition) is 6. The second-order valence-corrected chi connectivity index (χ2v) is 10.0. The summed E-state index contributed by atoms with van der Waals surface area (Å²) < 4.78 is 2.28. The Kier molecular flexibility index (Phi) is 8.41. The van der Waals surface area contributed by atoms with E-state index < -0.39 is 23.7 Å². The lowest BCUT2D eigenvalue weighted by Gasteiger charge is -2.17. The van der Waals surface area contributed by atoms with Crippen molar-refractivity contribution < 1.29 is 10.0 Å². The number of amidine groups is 1. The molecule has 0 saturated heterocycles. The SMILES string of the molecule is CSc1ccc(-n2c(-c3ccc(C)cc3)cc(=O)n(C/C(=N\O)NC(=O)c3cc(Cl)cc(Cl)c3)c2=O)cc1. The van der Waals surface area contributed by atoms with Crippen molar-refractivity contribution in [2.45, 2.75) is 18.4 Å². The second kappa shape index (κ2) is 11.7. The zero-order valence-corrected chi connectivity index (χ0v) is 22.6. The third kappa shape index (κ3) is 6.02. The van der Waals surface area contributed by atoms with Crippen molar-refractivity contribution in [3.8, 4) is 16.9 Å². The summed E-state index contributed by atoms with van der Waals surface area (Å²) in [5.74, 6) is -1.00. The van der Waals surface area contributed by atoms with Gasteiger partial charge in [0.25, 0.3) is 11.5 Å². The Bertz CT molecular complexity index is 1630. The molecule has 2 N–H and O–H groups in total. The van der Waals surface area contributed by atoms with Gasteiger partial charge in [-0.1, -0.05) is 58.2 Å². The van der Waals surface area contributed by atoms with Crippen molar-refractivity contribution >= 4 is 46.7 Å². The van der Waals surface area contributed by atoms with Crippen LogP contribution >= 0.6 is 35.0 Å². The Balaban J connectivity index is 1.78. The first-order chi connectivity index (χ1) is 18.2. The molecular formula is C27H22Cl2N4O4S. The van der Waals surface area contributed by atoms with Crippen molar-refractivity contribution in [3.05, 3.63) is 115 Å². The van der Waals surface area contributed by atoms with E-state index in [1.165, 1.54) is 28.8 Å². The second-order valence-electron chi connectivity index (χ2n) is 8.29. The molecule has 194 valence electrons. The van der Waals surface area contributed by atoms with Gasteiger partial charge in [0.1, 0.15) is 0 Å². The molecule has 1 amide bonds. The van der Waals surface area contributed by atoms with Gasteiger partial charge in [-0.15, -0.1) is 11.8 Å². The molecule has 11 heteroatoms. The van der Waals surface area contributed by atoms with Crippen LogP contribution in [0.2, 0.25) is 10.0 Å². The summed E-state index contributed by atoms with van der Waals surface area (Å²) >= 11 is 13.5. The van der Waals surface area contributed by atoms with E-state index in [1.54, 1.807) is 23.9 Å². The van der Waals surface area contributed by atoms with Crippen molar-refractivity contribution in [2.24, 2.45) is 5.16 Å². The van der Waals surface area contributed by atoms with E-state index in [9.17, 15) is 19.6 Å². The van der Waals surface area contributed by atoms with Gasteiger partial charge in [-0.2, -0.15) is 0 Å². The molecule has 4 aromatic rings. The Morgan fingerprint density at radius 1 is 0.974 bits per heavy atom. The van der Waals surface area contributed by atoms with Crippen LogP contribution in [0.15, 0.2) is 92.4 Å². The van der Waals surface area contributed by atoms with Gasteiger partial charge in [-0.25, -0.2) is 4.79 Å². The average molecular weight is 569 g/mol. The minimum absolute atomic E-state index is 0.108. The van der Waals surface area contributed by atoms with Crippen molar-refractivity contribution in [1.82, 2.24) is 14.5 Å². The van der Waals surface area contributed by atoms with E-state index in [0.717, 1.165) is 15.0 Å². The van der Waals surface area contributed by atoms with Gasteiger partial charge >= 0.3 is 5.69 Å². The number of hydrogen-bond donors (Lipinski definition) is 2. The first kappa shape index (κ1) is 27.3. The van der Waals surface area contributed by atoms with Gasteiger partial charge in [0.15, 0.2) is 5.84 Å². The molecule has 4 rings (SSSR count). The van der Waals surface area contributed by atoms with E-state index >= 15 is 0 Å². The molecule has 0 unspecified atom stereocenters. The number of aromatic nitrogens is 2. The van der Waals surface area contributed by atoms with E-state index in [2.05, 4.69) is 10.5 Å². The Morgan fingerprint density at radius 3 is 2.18 bits per heavy atom. The van der Waals surface area contributed by atoms with Crippen LogP contribution in [0, 0.1) is 6.92 Å². The fraction of sp³-hybridized carbons (Fsp3) is 0.111. The summed E-state index contributed by atoms with van der Waals surface area (Å²) in [5.41, 5.74) is 1.44. The van der Waals surface area contributed by atoms with Crippen molar-refractivity contribution in [3.63, 3.8) is 0 Å². The quantitative estimate of drug-likeness (QED) is 0.109. The van der Waals surface area contributed by atoms with Crippen LogP contribution in [-0.2, 0) is 6.54 Å². The lowest BCUT2D eigenvalue weighted by molar-refractivity contribution is 0.0974. The summed E-state index contributed by atoms with van der Waals surface area (Å²) in [7, 11) is 0. The third-order valence-corrected chi connectivity index (χ3v) is 6.86. The van der Waals surface area contributed by atoms with Gasteiger partial charge in [-0.3, -0.25) is 18.7 Å². The highest BCUT2D eigenvalue weighted by Gasteiger charge is 2.18. The van der Waals surface area contributed by atoms with Gasteiger partial charge in [0.05, 0.1) is 17.9 Å². The Hall–Kier alpha value is -3.79. The molecule has 1 heterocycles. The minimum atomic E-state index is -0.681. The highest BCUT2D eigenvalue weighted by atomic mass is 35.5. The molecule has 0 aliphatic rings. The Labute approximate surface area is 232 Å². The summed E-state index contributed by atoms with van der Waals surface area (Å²) in [6, 6.07) is 20.3. The van der Waals surface area contributed by atoms with Gasteiger partial charge in [-0.05, 0) is 61.2 Å². The zero-order valence-electron chi connectivity index (χ0n) is 20.3. The molecule has 0 saturated carbocycles. The standard InChI is InChI=1S/C27H22Cl2N4O4S/c1-16-3-5-17(6-4-16)23-14-25(34)32(27(36)33(23)21-7-9-22(38-2)10-8-21)15-24(31-37)30-26(35)18-11-19(28)13-20(29)12-18/h3-14,37H,15H2,1-2H3,(H,30,31,35). The van der Waals surface area contributed by atoms with E-state index in [1.807, 2.05) is 49.6 Å². The van der Waals surface area contributed by atoms with Crippen LogP contribution < -0.4 is 16.6 Å². The monoisotopic (exact) mass is 568 g/mol. The Morgan fingerprint density at radius 2 is 1.61 bits per heavy atom. The highest BCUT2D eigenvalue weighted by molar-refractivity contribution is 7.98. The summed E-state index contributed by atoms with van der Waals surface area (Å²) in [6.45, 7) is 1.45. The van der Waals surface area contributed by atoms with E-state index in [4.69, 9.17) is 23.2 Å². The normalized spacial score (nSPS) is 11.4. The molecule has 3 aromatic carbocycles. The number of rotatable bonds is 6. The van der Waals surface area contributed by atoms with Crippen LogP contribution in [0.3, 0.4) is 0 Å². The highest BCUT2D eigenvalue weighted by Crippen LogP contribution is 2.23. The number of oxime groups is 1. The van der Waals surface area contributed by atoms with Crippen LogP contribution in [-0.4, -0.2) is 32.3 Å². The molecule has 1 aromatic heterocycles. The lowest BCUT2D eigenvalue weighted by Crippen LogP contribution is -2.44. The van der Waals surface area contributed by atoms with Crippen molar-refractivity contribution in [2.75, 3.05) is 6.26 Å². The molecule has 0 spiro atoms. The maximum absolute atomic E-state index is 13.7. The topological polar surface area (TPSA) is 106 Å². The van der Waals surface area contributed by atoms with Crippen LogP contribution in [0.5, 0.6) is 0 Å².